The van der Waals surface area contributed by atoms with Crippen LogP contribution in [0.4, 0.5) is 0 Å². The molecule has 2 aliphatic rings. The molecule has 15 heavy (non-hydrogen) atoms. The van der Waals surface area contributed by atoms with Crippen LogP contribution in [0.15, 0.2) is 53.6 Å². The summed E-state index contributed by atoms with van der Waals surface area (Å²) in [5, 5.41) is 0. The van der Waals surface area contributed by atoms with E-state index in [9.17, 15) is 0 Å². The summed E-state index contributed by atoms with van der Waals surface area (Å²) in [5.41, 5.74) is 4.66. The lowest BCUT2D eigenvalue weighted by Gasteiger charge is -2.11. The molecule has 0 N–H and O–H groups in total. The average molecular weight is 196 g/mol. The molecule has 0 spiro atoms. The summed E-state index contributed by atoms with van der Waals surface area (Å²) in [6.45, 7) is 2.26. The fourth-order valence-electron chi connectivity index (χ4n) is 2.62. The molecule has 1 saturated carbocycles. The predicted molar refractivity (Wildman–Crippen MR) is 63.6 cm³/mol. The van der Waals surface area contributed by atoms with Crippen LogP contribution in [0.1, 0.15) is 18.9 Å². The lowest BCUT2D eigenvalue weighted by atomic mass is 9.94. The molecule has 2 atom stereocenters. The molecule has 0 amide bonds. The van der Waals surface area contributed by atoms with E-state index in [4.69, 9.17) is 0 Å². The van der Waals surface area contributed by atoms with Crippen molar-refractivity contribution in [1.29, 1.82) is 0 Å². The third-order valence-electron chi connectivity index (χ3n) is 3.66. The average Bonchev–Trinajstić information content (AvgIpc) is 3.05. The molecule has 0 nitrogen and oxygen atoms in total. The Morgan fingerprint density at radius 3 is 2.67 bits per heavy atom. The largest absolute Gasteiger partial charge is 0.0696 e. The first-order valence-corrected chi connectivity index (χ1v) is 5.76. The van der Waals surface area contributed by atoms with Crippen molar-refractivity contribution in [2.24, 2.45) is 11.8 Å². The first kappa shape index (κ1) is 8.96. The Labute approximate surface area is 91.3 Å². The van der Waals surface area contributed by atoms with E-state index in [2.05, 4.69) is 49.4 Å². The van der Waals surface area contributed by atoms with Gasteiger partial charge in [-0.3, -0.25) is 0 Å². The van der Waals surface area contributed by atoms with Crippen LogP contribution in [-0.4, -0.2) is 0 Å². The Hall–Kier alpha value is -1.30. The summed E-state index contributed by atoms with van der Waals surface area (Å²) < 4.78 is 0. The van der Waals surface area contributed by atoms with Gasteiger partial charge in [0.1, 0.15) is 0 Å². The number of allylic oxidation sites excluding steroid dienone is 4. The maximum atomic E-state index is 2.34. The smallest absolute Gasteiger partial charge is 0.00610 e. The molecule has 1 aromatic carbocycles. The topological polar surface area (TPSA) is 0 Å². The number of hydrogen-bond donors (Lipinski definition) is 0. The molecular weight excluding hydrogens is 180 g/mol. The molecule has 0 aromatic heterocycles. The van der Waals surface area contributed by atoms with Gasteiger partial charge in [-0.25, -0.2) is 0 Å². The van der Waals surface area contributed by atoms with Crippen molar-refractivity contribution >= 4 is 0 Å². The molecule has 0 heteroatoms. The molecule has 0 bridgehead atoms. The number of rotatable bonds is 2. The van der Waals surface area contributed by atoms with Gasteiger partial charge in [-0.15, -0.1) is 0 Å². The Kier molecular flexibility index (Phi) is 2.02. The van der Waals surface area contributed by atoms with E-state index in [1.54, 1.807) is 11.1 Å². The highest BCUT2D eigenvalue weighted by atomic mass is 14.5. The van der Waals surface area contributed by atoms with Crippen LogP contribution in [0.3, 0.4) is 0 Å². The molecule has 2 aliphatic carbocycles. The normalized spacial score (nSPS) is 27.8. The Morgan fingerprint density at radius 1 is 1.07 bits per heavy atom. The Bertz CT molecular complexity index is 423. The van der Waals surface area contributed by atoms with E-state index in [-0.39, 0.29) is 0 Å². The van der Waals surface area contributed by atoms with E-state index in [0.29, 0.717) is 0 Å². The number of benzene rings is 1. The van der Waals surface area contributed by atoms with Crippen LogP contribution in [0.5, 0.6) is 0 Å². The van der Waals surface area contributed by atoms with Crippen molar-refractivity contribution < 1.29 is 0 Å². The van der Waals surface area contributed by atoms with Gasteiger partial charge in [-0.1, -0.05) is 53.6 Å². The second kappa shape index (κ2) is 3.37. The second-order valence-corrected chi connectivity index (χ2v) is 4.76. The van der Waals surface area contributed by atoms with Crippen LogP contribution >= 0.6 is 0 Å². The van der Waals surface area contributed by atoms with E-state index in [1.807, 2.05) is 0 Å². The van der Waals surface area contributed by atoms with Crippen molar-refractivity contribution in [3.05, 3.63) is 59.2 Å². The zero-order valence-electron chi connectivity index (χ0n) is 9.11. The first-order valence-electron chi connectivity index (χ1n) is 5.76. The van der Waals surface area contributed by atoms with Gasteiger partial charge >= 0.3 is 0 Å². The summed E-state index contributed by atoms with van der Waals surface area (Å²) in [4.78, 5) is 0. The molecule has 0 radical (unpaired) electrons. The Morgan fingerprint density at radius 2 is 1.87 bits per heavy atom. The molecule has 1 fully saturated rings. The highest BCUT2D eigenvalue weighted by Gasteiger charge is 2.41. The van der Waals surface area contributed by atoms with E-state index in [0.717, 1.165) is 18.3 Å². The fourth-order valence-corrected chi connectivity index (χ4v) is 2.62. The zero-order chi connectivity index (χ0) is 10.3. The van der Waals surface area contributed by atoms with Gasteiger partial charge in [0.15, 0.2) is 0 Å². The SMILES string of the molecule is CC1=CC=C(Cc2ccccc2)C2CC12. The molecular formula is C15H16. The minimum absolute atomic E-state index is 0.871. The van der Waals surface area contributed by atoms with Gasteiger partial charge in [0.05, 0.1) is 0 Å². The van der Waals surface area contributed by atoms with Gasteiger partial charge < -0.3 is 0 Å². The van der Waals surface area contributed by atoms with Crippen LogP contribution < -0.4 is 0 Å². The monoisotopic (exact) mass is 196 g/mol. The highest BCUT2D eigenvalue weighted by molar-refractivity contribution is 5.37. The third-order valence-corrected chi connectivity index (χ3v) is 3.66. The molecule has 3 rings (SSSR count). The van der Waals surface area contributed by atoms with Crippen molar-refractivity contribution in [3.63, 3.8) is 0 Å². The number of fused-ring (bicyclic) bond motifs is 1. The molecule has 1 aromatic rings. The summed E-state index contributed by atoms with van der Waals surface area (Å²) in [6.07, 6.45) is 7.19. The molecule has 76 valence electrons. The maximum absolute atomic E-state index is 2.34. The minimum Gasteiger partial charge on any atom is -0.0696 e. The van der Waals surface area contributed by atoms with Crippen LogP contribution in [0.2, 0.25) is 0 Å². The quantitative estimate of drug-likeness (QED) is 0.675. The van der Waals surface area contributed by atoms with E-state index < -0.39 is 0 Å². The lowest BCUT2D eigenvalue weighted by Crippen LogP contribution is -1.99. The van der Waals surface area contributed by atoms with Crippen molar-refractivity contribution in [2.45, 2.75) is 19.8 Å². The second-order valence-electron chi connectivity index (χ2n) is 4.76. The van der Waals surface area contributed by atoms with Gasteiger partial charge in [-0.05, 0) is 37.2 Å². The molecule has 0 aliphatic heterocycles. The van der Waals surface area contributed by atoms with E-state index in [1.165, 1.54) is 12.0 Å². The van der Waals surface area contributed by atoms with Crippen LogP contribution in [0, 0.1) is 11.8 Å². The van der Waals surface area contributed by atoms with Crippen LogP contribution in [0.25, 0.3) is 0 Å². The summed E-state index contributed by atoms with van der Waals surface area (Å²) in [7, 11) is 0. The lowest BCUT2D eigenvalue weighted by molar-refractivity contribution is 0.829. The first-order chi connectivity index (χ1) is 7.34. The van der Waals surface area contributed by atoms with Gasteiger partial charge in [-0.2, -0.15) is 0 Å². The summed E-state index contributed by atoms with van der Waals surface area (Å²) >= 11 is 0. The van der Waals surface area contributed by atoms with Crippen molar-refractivity contribution in [2.75, 3.05) is 0 Å². The summed E-state index contributed by atoms with van der Waals surface area (Å²) in [6, 6.07) is 10.8. The standard InChI is InChI=1S/C15H16/c1-11-7-8-13(15-10-14(11)15)9-12-5-3-2-4-6-12/h2-8,14-15H,9-10H2,1H3. The third kappa shape index (κ3) is 1.65. The van der Waals surface area contributed by atoms with Gasteiger partial charge in [0, 0.05) is 0 Å². The fraction of sp³-hybridized carbons (Fsp3) is 0.333. The highest BCUT2D eigenvalue weighted by Crippen LogP contribution is 2.51. The van der Waals surface area contributed by atoms with Crippen molar-refractivity contribution in [1.82, 2.24) is 0 Å². The maximum Gasteiger partial charge on any atom is -0.00610 e. The zero-order valence-corrected chi connectivity index (χ0v) is 9.11. The van der Waals surface area contributed by atoms with Crippen LogP contribution in [-0.2, 0) is 6.42 Å². The minimum atomic E-state index is 0.871. The Balaban J connectivity index is 1.80. The van der Waals surface area contributed by atoms with Gasteiger partial charge in [0.2, 0.25) is 0 Å². The molecule has 0 saturated heterocycles. The summed E-state index contributed by atoms with van der Waals surface area (Å²) in [5.74, 6) is 1.75. The van der Waals surface area contributed by atoms with E-state index >= 15 is 0 Å². The van der Waals surface area contributed by atoms with Crippen molar-refractivity contribution in [3.8, 4) is 0 Å². The predicted octanol–water partition coefficient (Wildman–Crippen LogP) is 3.75. The molecule has 0 heterocycles. The van der Waals surface area contributed by atoms with Gasteiger partial charge in [0.25, 0.3) is 0 Å². The molecule has 2 unspecified atom stereocenters. The number of hydrogen-bond acceptors (Lipinski definition) is 0.